The second kappa shape index (κ2) is 4.68. The van der Waals surface area contributed by atoms with Gasteiger partial charge in [0.15, 0.2) is 6.10 Å². The first-order valence-corrected chi connectivity index (χ1v) is 5.58. The van der Waals surface area contributed by atoms with Gasteiger partial charge >= 0.3 is 5.97 Å². The van der Waals surface area contributed by atoms with Gasteiger partial charge in [-0.05, 0) is 33.6 Å². The molecule has 0 spiro atoms. The quantitative estimate of drug-likeness (QED) is 0.905. The number of carboxylic acid groups (broad SMARTS) is 1. The second-order valence-electron chi connectivity index (χ2n) is 3.44. The Kier molecular flexibility index (Phi) is 3.26. The van der Waals surface area contributed by atoms with E-state index >= 15 is 0 Å². The van der Waals surface area contributed by atoms with Crippen LogP contribution in [0.5, 0.6) is 0 Å². The predicted molar refractivity (Wildman–Crippen MR) is 63.9 cm³/mol. The number of aliphatic hydroxyl groups excluding tert-OH is 1. The van der Waals surface area contributed by atoms with Gasteiger partial charge in [-0.25, -0.2) is 9.48 Å². The van der Waals surface area contributed by atoms with Crippen molar-refractivity contribution in [2.75, 3.05) is 0 Å². The van der Waals surface area contributed by atoms with Gasteiger partial charge in [0, 0.05) is 6.20 Å². The van der Waals surface area contributed by atoms with E-state index in [9.17, 15) is 9.90 Å². The van der Waals surface area contributed by atoms with E-state index in [1.807, 2.05) is 0 Å². The molecular weight excluding hydrogens is 288 g/mol. The monoisotopic (exact) mass is 296 g/mol. The third kappa shape index (κ3) is 2.54. The lowest BCUT2D eigenvalue weighted by Gasteiger charge is -2.07. The molecule has 0 aliphatic rings. The van der Waals surface area contributed by atoms with E-state index in [1.54, 1.807) is 41.3 Å². The zero-order valence-corrected chi connectivity index (χ0v) is 10.2. The molecule has 2 rings (SSSR count). The van der Waals surface area contributed by atoms with E-state index in [-0.39, 0.29) is 0 Å². The van der Waals surface area contributed by atoms with Crippen molar-refractivity contribution >= 4 is 21.9 Å². The van der Waals surface area contributed by atoms with Gasteiger partial charge in [-0.3, -0.25) is 0 Å². The standard InChI is InChI=1S/C11H9BrN2O3/c12-8-5-13-14(6-8)9-3-1-7(2-4-9)10(15)11(16)17/h1-6,10,15H,(H,16,17). The molecule has 5 nitrogen and oxygen atoms in total. The molecule has 0 saturated carbocycles. The number of rotatable bonds is 3. The van der Waals surface area contributed by atoms with E-state index in [1.165, 1.54) is 0 Å². The van der Waals surface area contributed by atoms with Crippen LogP contribution in [0.2, 0.25) is 0 Å². The van der Waals surface area contributed by atoms with Crippen LogP contribution in [-0.2, 0) is 4.79 Å². The van der Waals surface area contributed by atoms with Gasteiger partial charge in [0.2, 0.25) is 0 Å². The highest BCUT2D eigenvalue weighted by molar-refractivity contribution is 9.10. The third-order valence-electron chi connectivity index (χ3n) is 2.26. The van der Waals surface area contributed by atoms with E-state index in [2.05, 4.69) is 21.0 Å². The van der Waals surface area contributed by atoms with Crippen molar-refractivity contribution in [2.24, 2.45) is 0 Å². The summed E-state index contributed by atoms with van der Waals surface area (Å²) in [5.74, 6) is -1.26. The molecule has 0 aliphatic heterocycles. The summed E-state index contributed by atoms with van der Waals surface area (Å²) in [5.41, 5.74) is 1.13. The molecule has 1 unspecified atom stereocenters. The molecule has 0 aliphatic carbocycles. The molecule has 6 heteroatoms. The molecule has 2 aromatic rings. The van der Waals surface area contributed by atoms with E-state index in [0.717, 1.165) is 10.2 Å². The molecule has 0 amide bonds. The van der Waals surface area contributed by atoms with Gasteiger partial charge < -0.3 is 10.2 Å². The lowest BCUT2D eigenvalue weighted by atomic mass is 10.1. The molecule has 1 heterocycles. The van der Waals surface area contributed by atoms with Crippen LogP contribution in [0.15, 0.2) is 41.1 Å². The Morgan fingerprint density at radius 3 is 2.47 bits per heavy atom. The van der Waals surface area contributed by atoms with Crippen molar-refractivity contribution in [2.45, 2.75) is 6.10 Å². The number of carbonyl (C=O) groups is 1. The van der Waals surface area contributed by atoms with Gasteiger partial charge in [0.25, 0.3) is 0 Å². The number of hydrogen-bond acceptors (Lipinski definition) is 3. The van der Waals surface area contributed by atoms with Gasteiger partial charge in [-0.1, -0.05) is 12.1 Å². The van der Waals surface area contributed by atoms with Crippen LogP contribution in [0.1, 0.15) is 11.7 Å². The highest BCUT2D eigenvalue weighted by atomic mass is 79.9. The Balaban J connectivity index is 2.27. The van der Waals surface area contributed by atoms with Crippen molar-refractivity contribution in [1.29, 1.82) is 0 Å². The summed E-state index contributed by atoms with van der Waals surface area (Å²) in [6.45, 7) is 0. The van der Waals surface area contributed by atoms with Gasteiger partial charge in [0.05, 0.1) is 16.4 Å². The lowest BCUT2D eigenvalue weighted by Crippen LogP contribution is -2.10. The Morgan fingerprint density at radius 1 is 1.35 bits per heavy atom. The molecular formula is C11H9BrN2O3. The summed E-state index contributed by atoms with van der Waals surface area (Å²) >= 11 is 3.29. The van der Waals surface area contributed by atoms with Gasteiger partial charge in [-0.15, -0.1) is 0 Å². The number of hydrogen-bond donors (Lipinski definition) is 2. The van der Waals surface area contributed by atoms with Gasteiger partial charge in [-0.2, -0.15) is 5.10 Å². The topological polar surface area (TPSA) is 75.3 Å². The largest absolute Gasteiger partial charge is 0.479 e. The first kappa shape index (κ1) is 11.8. The molecule has 1 aromatic heterocycles. The van der Waals surface area contributed by atoms with E-state index in [4.69, 9.17) is 5.11 Å². The van der Waals surface area contributed by atoms with Crippen molar-refractivity contribution in [1.82, 2.24) is 9.78 Å². The summed E-state index contributed by atoms with van der Waals surface area (Å²) in [5, 5.41) is 22.1. The Hall–Kier alpha value is -1.66. The Morgan fingerprint density at radius 2 is 2.00 bits per heavy atom. The summed E-state index contributed by atoms with van der Waals surface area (Å²) in [6.07, 6.45) is 1.94. The Bertz CT molecular complexity index is 536. The smallest absolute Gasteiger partial charge is 0.337 e. The zero-order chi connectivity index (χ0) is 12.4. The predicted octanol–water partition coefficient (Wildman–Crippen LogP) is 1.75. The van der Waals surface area contributed by atoms with Crippen LogP contribution >= 0.6 is 15.9 Å². The second-order valence-corrected chi connectivity index (χ2v) is 4.35. The number of benzene rings is 1. The van der Waals surface area contributed by atoms with Crippen LogP contribution in [0.3, 0.4) is 0 Å². The molecule has 0 fully saturated rings. The fraction of sp³-hybridized carbons (Fsp3) is 0.0909. The number of halogens is 1. The van der Waals surface area contributed by atoms with E-state index < -0.39 is 12.1 Å². The fourth-order valence-electron chi connectivity index (χ4n) is 1.39. The van der Waals surface area contributed by atoms with Crippen molar-refractivity contribution in [3.8, 4) is 5.69 Å². The molecule has 88 valence electrons. The number of aliphatic hydroxyl groups is 1. The average Bonchev–Trinajstić information content (AvgIpc) is 2.75. The average molecular weight is 297 g/mol. The zero-order valence-electron chi connectivity index (χ0n) is 8.62. The van der Waals surface area contributed by atoms with Crippen molar-refractivity contribution < 1.29 is 15.0 Å². The maximum atomic E-state index is 10.6. The van der Waals surface area contributed by atoms with Crippen LogP contribution in [0.25, 0.3) is 5.69 Å². The van der Waals surface area contributed by atoms with Crippen molar-refractivity contribution in [3.05, 3.63) is 46.7 Å². The van der Waals surface area contributed by atoms with Crippen LogP contribution < -0.4 is 0 Å². The normalized spacial score (nSPS) is 12.4. The molecule has 0 radical (unpaired) electrons. The maximum absolute atomic E-state index is 10.6. The number of nitrogens with zero attached hydrogens (tertiary/aromatic N) is 2. The molecule has 0 bridgehead atoms. The lowest BCUT2D eigenvalue weighted by molar-refractivity contribution is -0.146. The van der Waals surface area contributed by atoms with Crippen LogP contribution in [0.4, 0.5) is 0 Å². The number of carboxylic acids is 1. The summed E-state index contributed by atoms with van der Waals surface area (Å²) in [4.78, 5) is 10.6. The summed E-state index contributed by atoms with van der Waals surface area (Å²) < 4.78 is 2.49. The first-order chi connectivity index (χ1) is 8.08. The first-order valence-electron chi connectivity index (χ1n) is 4.79. The molecule has 0 saturated heterocycles. The number of aliphatic carboxylic acids is 1. The third-order valence-corrected chi connectivity index (χ3v) is 2.67. The van der Waals surface area contributed by atoms with Crippen LogP contribution in [-0.4, -0.2) is 26.0 Å². The van der Waals surface area contributed by atoms with Gasteiger partial charge in [0.1, 0.15) is 0 Å². The maximum Gasteiger partial charge on any atom is 0.337 e. The molecule has 1 aromatic carbocycles. The SMILES string of the molecule is O=C(O)C(O)c1ccc(-n2cc(Br)cn2)cc1. The fourth-order valence-corrected chi connectivity index (χ4v) is 1.68. The molecule has 1 atom stereocenters. The highest BCUT2D eigenvalue weighted by Gasteiger charge is 2.15. The molecule has 17 heavy (non-hydrogen) atoms. The minimum absolute atomic E-state index is 0.340. The van der Waals surface area contributed by atoms with E-state index in [0.29, 0.717) is 5.56 Å². The van der Waals surface area contributed by atoms with Crippen molar-refractivity contribution in [3.63, 3.8) is 0 Å². The van der Waals surface area contributed by atoms with Crippen LogP contribution in [0, 0.1) is 0 Å². The minimum Gasteiger partial charge on any atom is -0.479 e. The summed E-state index contributed by atoms with van der Waals surface area (Å²) in [7, 11) is 0. The summed E-state index contributed by atoms with van der Waals surface area (Å²) in [6, 6.07) is 6.51. The highest BCUT2D eigenvalue weighted by Crippen LogP contribution is 2.17. The Labute approximate surface area is 105 Å². The minimum atomic E-state index is -1.49. The number of aromatic nitrogens is 2. The molecule has 2 N–H and O–H groups in total.